The highest BCUT2D eigenvalue weighted by molar-refractivity contribution is 9.10. The van der Waals surface area contributed by atoms with Gasteiger partial charge in [-0.3, -0.25) is 9.78 Å². The van der Waals surface area contributed by atoms with Crippen molar-refractivity contribution in [2.75, 3.05) is 13.1 Å². The molecule has 2 aromatic rings. The quantitative estimate of drug-likeness (QED) is 0.433. The number of nitrogens with zero attached hydrogens (tertiary/aromatic N) is 2. The molecule has 2 heterocycles. The molecule has 1 unspecified atom stereocenters. The minimum absolute atomic E-state index is 0.231. The van der Waals surface area contributed by atoms with Crippen molar-refractivity contribution in [2.24, 2.45) is 17.8 Å². The topological polar surface area (TPSA) is 33.2 Å². The molecule has 5 rings (SSSR count). The van der Waals surface area contributed by atoms with Crippen molar-refractivity contribution in [3.63, 3.8) is 0 Å². The predicted octanol–water partition coefficient (Wildman–Crippen LogP) is 6.39. The van der Waals surface area contributed by atoms with E-state index in [9.17, 15) is 4.79 Å². The van der Waals surface area contributed by atoms with Gasteiger partial charge in [0.25, 0.3) is 0 Å². The number of carbonyl (C=O) groups is 1. The number of fused-ring (bicyclic) bond motifs is 2. The third kappa shape index (κ3) is 3.86. The van der Waals surface area contributed by atoms with Gasteiger partial charge in [0.05, 0.1) is 5.69 Å². The van der Waals surface area contributed by atoms with Crippen LogP contribution < -0.4 is 0 Å². The molecule has 1 aromatic heterocycles. The van der Waals surface area contributed by atoms with Gasteiger partial charge in [-0.15, -0.1) is 0 Å². The second-order valence-corrected chi connectivity index (χ2v) is 11.3. The van der Waals surface area contributed by atoms with Gasteiger partial charge in [-0.1, -0.05) is 34.5 Å². The summed E-state index contributed by atoms with van der Waals surface area (Å²) in [4.78, 5) is 19.7. The molecule has 1 aliphatic heterocycles. The van der Waals surface area contributed by atoms with Crippen LogP contribution in [0.1, 0.15) is 54.5 Å². The Bertz CT molecular complexity index is 1000. The van der Waals surface area contributed by atoms with E-state index in [0.717, 1.165) is 59.2 Å². The number of rotatable bonds is 2. The van der Waals surface area contributed by atoms with E-state index in [2.05, 4.69) is 55.8 Å². The number of hydrogen-bond acceptors (Lipinski definition) is 2. The van der Waals surface area contributed by atoms with Gasteiger partial charge in [0, 0.05) is 45.1 Å². The molecular weight excluding hydrogens is 528 g/mol. The highest BCUT2D eigenvalue weighted by atomic mass is 79.9. The SMILES string of the molecule is C[C@H]1CC1C(=O)N1CCC([C@H]2c3ncc(Br)cc3CCc3cc(Cl)cc(Br)c32)CC1. The molecule has 1 saturated carbocycles. The Kier molecular flexibility index (Phi) is 5.74. The number of benzene rings is 1. The van der Waals surface area contributed by atoms with E-state index in [1.807, 2.05) is 12.3 Å². The van der Waals surface area contributed by atoms with Crippen LogP contribution in [-0.4, -0.2) is 28.9 Å². The Hall–Kier alpha value is -0.910. The van der Waals surface area contributed by atoms with Crippen molar-refractivity contribution in [3.05, 3.63) is 60.7 Å². The smallest absolute Gasteiger partial charge is 0.225 e. The molecule has 0 spiro atoms. The zero-order chi connectivity index (χ0) is 21.0. The normalized spacial score (nSPS) is 26.0. The summed E-state index contributed by atoms with van der Waals surface area (Å²) in [5.74, 6) is 1.91. The highest BCUT2D eigenvalue weighted by Crippen LogP contribution is 2.47. The van der Waals surface area contributed by atoms with Crippen LogP contribution in [0.3, 0.4) is 0 Å². The third-order valence-electron chi connectivity index (χ3n) is 7.17. The second-order valence-electron chi connectivity index (χ2n) is 9.12. The summed E-state index contributed by atoms with van der Waals surface area (Å²) >= 11 is 13.8. The predicted molar refractivity (Wildman–Crippen MR) is 127 cm³/mol. The molecule has 1 aromatic carbocycles. The fourth-order valence-electron chi connectivity index (χ4n) is 5.38. The van der Waals surface area contributed by atoms with Crippen molar-refractivity contribution in [1.29, 1.82) is 0 Å². The van der Waals surface area contributed by atoms with Crippen molar-refractivity contribution in [1.82, 2.24) is 9.88 Å². The lowest BCUT2D eigenvalue weighted by molar-refractivity contribution is -0.134. The average molecular weight is 553 g/mol. The van der Waals surface area contributed by atoms with E-state index in [0.29, 0.717) is 17.7 Å². The molecule has 0 N–H and O–H groups in total. The number of amides is 1. The molecule has 1 amide bonds. The third-order valence-corrected chi connectivity index (χ3v) is 8.47. The number of aromatic nitrogens is 1. The fraction of sp³-hybridized carbons (Fsp3) is 0.500. The Morgan fingerprint density at radius 3 is 2.53 bits per heavy atom. The Labute approximate surface area is 199 Å². The summed E-state index contributed by atoms with van der Waals surface area (Å²) < 4.78 is 2.11. The lowest BCUT2D eigenvalue weighted by atomic mass is 9.76. The lowest BCUT2D eigenvalue weighted by Gasteiger charge is -2.37. The first-order valence-electron chi connectivity index (χ1n) is 10.8. The van der Waals surface area contributed by atoms with Gasteiger partial charge in [-0.05, 0) is 94.8 Å². The summed E-state index contributed by atoms with van der Waals surface area (Å²) in [7, 11) is 0. The van der Waals surface area contributed by atoms with Gasteiger partial charge < -0.3 is 4.90 Å². The summed E-state index contributed by atoms with van der Waals surface area (Å²) in [6, 6.07) is 6.37. The summed E-state index contributed by atoms with van der Waals surface area (Å²) in [6.45, 7) is 3.90. The largest absolute Gasteiger partial charge is 0.342 e. The molecule has 3 atom stereocenters. The number of piperidine rings is 1. The van der Waals surface area contributed by atoms with Gasteiger partial charge in [0.2, 0.25) is 5.91 Å². The van der Waals surface area contributed by atoms with Crippen LogP contribution in [0.4, 0.5) is 0 Å². The molecule has 3 aliphatic rings. The Morgan fingerprint density at radius 2 is 1.83 bits per heavy atom. The van der Waals surface area contributed by atoms with Crippen molar-refractivity contribution in [3.8, 4) is 0 Å². The summed E-state index contributed by atoms with van der Waals surface area (Å²) in [5.41, 5.74) is 5.17. The first kappa shape index (κ1) is 21.0. The van der Waals surface area contributed by atoms with Crippen LogP contribution in [-0.2, 0) is 17.6 Å². The van der Waals surface area contributed by atoms with E-state index in [1.54, 1.807) is 0 Å². The van der Waals surface area contributed by atoms with Crippen molar-refractivity contribution in [2.45, 2.75) is 44.9 Å². The molecule has 158 valence electrons. The monoisotopic (exact) mass is 550 g/mol. The van der Waals surface area contributed by atoms with Gasteiger partial charge in [0.15, 0.2) is 0 Å². The van der Waals surface area contributed by atoms with Crippen LogP contribution in [0, 0.1) is 17.8 Å². The van der Waals surface area contributed by atoms with E-state index < -0.39 is 0 Å². The summed E-state index contributed by atoms with van der Waals surface area (Å²) in [5, 5.41) is 0.776. The van der Waals surface area contributed by atoms with E-state index in [1.165, 1.54) is 22.4 Å². The van der Waals surface area contributed by atoms with Crippen LogP contribution in [0.2, 0.25) is 5.02 Å². The second kappa shape index (κ2) is 8.22. The van der Waals surface area contributed by atoms with Crippen molar-refractivity contribution < 1.29 is 4.79 Å². The van der Waals surface area contributed by atoms with E-state index in [4.69, 9.17) is 16.6 Å². The number of pyridine rings is 1. The van der Waals surface area contributed by atoms with Crippen LogP contribution >= 0.6 is 43.5 Å². The maximum Gasteiger partial charge on any atom is 0.225 e. The Balaban J connectivity index is 1.49. The number of carbonyl (C=O) groups excluding carboxylic acids is 1. The standard InChI is InChI=1S/C24H25Br2ClN2O/c1-13-8-19(13)24(30)29-6-4-14(5-7-29)22-21-15(10-18(27)11-20(21)26)2-3-16-9-17(25)12-28-23(16)22/h9-14,19,22H,2-8H2,1H3/t13-,19?,22+/m0/s1. The first-order chi connectivity index (χ1) is 14.4. The Morgan fingerprint density at radius 1 is 1.13 bits per heavy atom. The molecule has 3 nitrogen and oxygen atoms in total. The van der Waals surface area contributed by atoms with E-state index >= 15 is 0 Å². The van der Waals surface area contributed by atoms with E-state index in [-0.39, 0.29) is 11.8 Å². The number of halogens is 3. The summed E-state index contributed by atoms with van der Waals surface area (Å²) in [6.07, 6.45) is 6.96. The maximum atomic E-state index is 12.7. The van der Waals surface area contributed by atoms with Gasteiger partial charge in [0.1, 0.15) is 0 Å². The molecule has 6 heteroatoms. The van der Waals surface area contributed by atoms with Gasteiger partial charge >= 0.3 is 0 Å². The molecule has 0 bridgehead atoms. The van der Waals surface area contributed by atoms with Gasteiger partial charge in [-0.25, -0.2) is 0 Å². The average Bonchev–Trinajstić information content (AvgIpc) is 3.47. The van der Waals surface area contributed by atoms with Crippen LogP contribution in [0.15, 0.2) is 33.3 Å². The number of hydrogen-bond donors (Lipinski definition) is 0. The van der Waals surface area contributed by atoms with Crippen LogP contribution in [0.25, 0.3) is 0 Å². The number of likely N-dealkylation sites (tertiary alicyclic amines) is 1. The zero-order valence-corrected chi connectivity index (χ0v) is 20.9. The molecular formula is C24H25Br2ClN2O. The first-order valence-corrected chi connectivity index (χ1v) is 12.8. The fourth-order valence-corrected chi connectivity index (χ4v) is 6.88. The van der Waals surface area contributed by atoms with Gasteiger partial charge in [-0.2, -0.15) is 0 Å². The minimum Gasteiger partial charge on any atom is -0.342 e. The van der Waals surface area contributed by atoms with Crippen molar-refractivity contribution >= 4 is 49.4 Å². The molecule has 2 aliphatic carbocycles. The number of aryl methyl sites for hydroxylation is 2. The highest BCUT2D eigenvalue weighted by Gasteiger charge is 2.43. The molecule has 30 heavy (non-hydrogen) atoms. The van der Waals surface area contributed by atoms with Crippen LogP contribution in [0.5, 0.6) is 0 Å². The minimum atomic E-state index is 0.231. The molecule has 0 radical (unpaired) electrons. The zero-order valence-electron chi connectivity index (χ0n) is 17.0. The lowest BCUT2D eigenvalue weighted by Crippen LogP contribution is -2.41. The molecule has 1 saturated heterocycles. The molecule has 2 fully saturated rings. The maximum absolute atomic E-state index is 12.7.